The van der Waals surface area contributed by atoms with Crippen molar-refractivity contribution in [2.24, 2.45) is 11.8 Å². The molecule has 1 N–H and O–H groups in total. The molecule has 1 aromatic rings. The molecule has 1 aromatic carbocycles. The van der Waals surface area contributed by atoms with Crippen LogP contribution in [-0.4, -0.2) is 16.9 Å². The van der Waals surface area contributed by atoms with Crippen LogP contribution in [0, 0.1) is 22.0 Å². The summed E-state index contributed by atoms with van der Waals surface area (Å²) in [6.45, 7) is 4.34. The molecule has 1 aliphatic carbocycles. The van der Waals surface area contributed by atoms with Crippen molar-refractivity contribution in [1.82, 2.24) is 5.32 Å². The number of nitrogens with one attached hydrogen (secondary N) is 1. The standard InChI is InChI=1S/C15H19ClN2O3/c1-9-4-3-5-14(10(9)2)17-15(19)12-7-6-11(18(20)21)8-13(12)16/h6-10,14H,3-5H2,1-2H3,(H,17,19)/t9-,10-,14-/m1/s1. The SMILES string of the molecule is C[C@@H]1[C@H](C)CCC[C@H]1NC(=O)c1ccc([N+](=O)[O-])cc1Cl. The Hall–Kier alpha value is -1.62. The first-order valence-corrected chi connectivity index (χ1v) is 7.52. The van der Waals surface area contributed by atoms with Gasteiger partial charge in [0.25, 0.3) is 11.6 Å². The number of amides is 1. The predicted molar refractivity (Wildman–Crippen MR) is 81.5 cm³/mol. The fourth-order valence-corrected chi connectivity index (χ4v) is 3.09. The van der Waals surface area contributed by atoms with Gasteiger partial charge in [-0.25, -0.2) is 0 Å². The van der Waals surface area contributed by atoms with E-state index >= 15 is 0 Å². The van der Waals surface area contributed by atoms with Crippen LogP contribution in [-0.2, 0) is 0 Å². The van der Waals surface area contributed by atoms with Crippen molar-refractivity contribution < 1.29 is 9.72 Å². The van der Waals surface area contributed by atoms with Crippen molar-refractivity contribution in [3.63, 3.8) is 0 Å². The molecule has 114 valence electrons. The van der Waals surface area contributed by atoms with E-state index in [0.717, 1.165) is 12.8 Å². The zero-order valence-corrected chi connectivity index (χ0v) is 12.9. The van der Waals surface area contributed by atoms with Crippen molar-refractivity contribution in [1.29, 1.82) is 0 Å². The van der Waals surface area contributed by atoms with E-state index in [2.05, 4.69) is 19.2 Å². The van der Waals surface area contributed by atoms with Crippen LogP contribution >= 0.6 is 11.6 Å². The zero-order valence-electron chi connectivity index (χ0n) is 12.1. The summed E-state index contributed by atoms with van der Waals surface area (Å²) in [6.07, 6.45) is 3.25. The second-order valence-electron chi connectivity index (χ2n) is 5.77. The molecular weight excluding hydrogens is 292 g/mol. The smallest absolute Gasteiger partial charge is 0.270 e. The highest BCUT2D eigenvalue weighted by molar-refractivity contribution is 6.34. The van der Waals surface area contributed by atoms with Crippen LogP contribution in [0.1, 0.15) is 43.5 Å². The van der Waals surface area contributed by atoms with Crippen molar-refractivity contribution >= 4 is 23.2 Å². The summed E-state index contributed by atoms with van der Waals surface area (Å²) < 4.78 is 0. The van der Waals surface area contributed by atoms with Crippen molar-refractivity contribution in [2.75, 3.05) is 0 Å². The van der Waals surface area contributed by atoms with Gasteiger partial charge in [0.05, 0.1) is 15.5 Å². The Kier molecular flexibility index (Phi) is 4.83. The highest BCUT2D eigenvalue weighted by atomic mass is 35.5. The minimum Gasteiger partial charge on any atom is -0.349 e. The van der Waals surface area contributed by atoms with Crippen LogP contribution in [0.2, 0.25) is 5.02 Å². The first-order chi connectivity index (χ1) is 9.90. The largest absolute Gasteiger partial charge is 0.349 e. The molecule has 1 saturated carbocycles. The topological polar surface area (TPSA) is 72.2 Å². The highest BCUT2D eigenvalue weighted by Crippen LogP contribution is 2.30. The lowest BCUT2D eigenvalue weighted by atomic mass is 9.78. The third-order valence-electron chi connectivity index (χ3n) is 4.43. The number of nitro benzene ring substituents is 1. The number of halogens is 1. The molecule has 0 heterocycles. The molecule has 0 saturated heterocycles. The minimum absolute atomic E-state index is 0.109. The minimum atomic E-state index is -0.529. The number of nitro groups is 1. The maximum Gasteiger partial charge on any atom is 0.270 e. The van der Waals surface area contributed by atoms with E-state index in [4.69, 9.17) is 11.6 Å². The molecule has 1 amide bonds. The monoisotopic (exact) mass is 310 g/mol. The molecule has 0 bridgehead atoms. The average Bonchev–Trinajstić information content (AvgIpc) is 2.43. The number of rotatable bonds is 3. The first-order valence-electron chi connectivity index (χ1n) is 7.15. The van der Waals surface area contributed by atoms with Gasteiger partial charge >= 0.3 is 0 Å². The van der Waals surface area contributed by atoms with Gasteiger partial charge in [0.15, 0.2) is 0 Å². The van der Waals surface area contributed by atoms with Crippen LogP contribution in [0.3, 0.4) is 0 Å². The van der Waals surface area contributed by atoms with Gasteiger partial charge in [0, 0.05) is 18.2 Å². The lowest BCUT2D eigenvalue weighted by molar-refractivity contribution is -0.384. The van der Waals surface area contributed by atoms with Crippen LogP contribution in [0.25, 0.3) is 0 Å². The van der Waals surface area contributed by atoms with Gasteiger partial charge < -0.3 is 5.32 Å². The zero-order chi connectivity index (χ0) is 15.6. The molecular formula is C15H19ClN2O3. The first kappa shape index (κ1) is 15.8. The molecule has 3 atom stereocenters. The maximum absolute atomic E-state index is 12.3. The van der Waals surface area contributed by atoms with E-state index in [0.29, 0.717) is 11.8 Å². The molecule has 0 aliphatic heterocycles. The predicted octanol–water partition coefficient (Wildman–Crippen LogP) is 3.80. The lowest BCUT2D eigenvalue weighted by Crippen LogP contribution is -2.43. The second kappa shape index (κ2) is 6.43. The van der Waals surface area contributed by atoms with Gasteiger partial charge in [0.2, 0.25) is 0 Å². The summed E-state index contributed by atoms with van der Waals surface area (Å²) in [4.78, 5) is 22.4. The fraction of sp³-hybridized carbons (Fsp3) is 0.533. The Labute approximate surface area is 128 Å². The van der Waals surface area contributed by atoms with Crippen LogP contribution in [0.4, 0.5) is 5.69 Å². The number of hydrogen-bond donors (Lipinski definition) is 1. The van der Waals surface area contributed by atoms with Crippen LogP contribution < -0.4 is 5.32 Å². The van der Waals surface area contributed by atoms with E-state index in [-0.39, 0.29) is 28.2 Å². The van der Waals surface area contributed by atoms with Gasteiger partial charge in [-0.3, -0.25) is 14.9 Å². The third-order valence-corrected chi connectivity index (χ3v) is 4.74. The highest BCUT2D eigenvalue weighted by Gasteiger charge is 2.29. The van der Waals surface area contributed by atoms with Crippen LogP contribution in [0.15, 0.2) is 18.2 Å². The molecule has 0 unspecified atom stereocenters. The van der Waals surface area contributed by atoms with E-state index in [9.17, 15) is 14.9 Å². The normalized spacial score (nSPS) is 25.4. The molecule has 0 aromatic heterocycles. The summed E-state index contributed by atoms with van der Waals surface area (Å²) >= 11 is 5.99. The van der Waals surface area contributed by atoms with Crippen LogP contribution in [0.5, 0.6) is 0 Å². The van der Waals surface area contributed by atoms with E-state index in [1.807, 2.05) is 0 Å². The quantitative estimate of drug-likeness (QED) is 0.681. The van der Waals surface area contributed by atoms with Gasteiger partial charge in [-0.2, -0.15) is 0 Å². The number of carbonyl (C=O) groups excluding carboxylic acids is 1. The summed E-state index contributed by atoms with van der Waals surface area (Å²) in [6, 6.07) is 4.05. The molecule has 1 aliphatic rings. The Morgan fingerprint density at radius 3 is 2.71 bits per heavy atom. The van der Waals surface area contributed by atoms with Crippen molar-refractivity contribution in [2.45, 2.75) is 39.2 Å². The van der Waals surface area contributed by atoms with Gasteiger partial charge in [-0.1, -0.05) is 38.3 Å². The summed E-state index contributed by atoms with van der Waals surface area (Å²) in [7, 11) is 0. The van der Waals surface area contributed by atoms with Gasteiger partial charge in [0.1, 0.15) is 0 Å². The second-order valence-corrected chi connectivity index (χ2v) is 6.18. The number of benzene rings is 1. The van der Waals surface area contributed by atoms with Gasteiger partial charge in [-0.15, -0.1) is 0 Å². The van der Waals surface area contributed by atoms with Gasteiger partial charge in [-0.05, 0) is 24.3 Å². The van der Waals surface area contributed by atoms with E-state index < -0.39 is 4.92 Å². The third kappa shape index (κ3) is 3.53. The van der Waals surface area contributed by atoms with E-state index in [1.54, 1.807) is 0 Å². The Morgan fingerprint density at radius 2 is 2.10 bits per heavy atom. The molecule has 6 heteroatoms. The summed E-state index contributed by atoms with van der Waals surface area (Å²) in [5, 5.41) is 13.8. The van der Waals surface area contributed by atoms with Crippen molar-refractivity contribution in [3.8, 4) is 0 Å². The number of nitrogens with zero attached hydrogens (tertiary/aromatic N) is 1. The number of hydrogen-bond acceptors (Lipinski definition) is 3. The Morgan fingerprint density at radius 1 is 1.38 bits per heavy atom. The van der Waals surface area contributed by atoms with Crippen molar-refractivity contribution in [3.05, 3.63) is 38.9 Å². The molecule has 21 heavy (non-hydrogen) atoms. The molecule has 1 fully saturated rings. The average molecular weight is 311 g/mol. The lowest BCUT2D eigenvalue weighted by Gasteiger charge is -2.34. The molecule has 0 radical (unpaired) electrons. The molecule has 2 rings (SSSR count). The Bertz CT molecular complexity index is 562. The summed E-state index contributed by atoms with van der Waals surface area (Å²) in [5.74, 6) is 0.733. The molecule has 0 spiro atoms. The summed E-state index contributed by atoms with van der Waals surface area (Å²) in [5.41, 5.74) is 0.170. The maximum atomic E-state index is 12.3. The number of non-ortho nitro benzene ring substituents is 1. The fourth-order valence-electron chi connectivity index (χ4n) is 2.83. The number of carbonyl (C=O) groups is 1. The Balaban J connectivity index is 2.11. The van der Waals surface area contributed by atoms with E-state index in [1.165, 1.54) is 24.6 Å². The molecule has 5 nitrogen and oxygen atoms in total.